The number of aromatic nitrogens is 2. The van der Waals surface area contributed by atoms with Crippen molar-refractivity contribution in [2.24, 2.45) is 0 Å². The lowest BCUT2D eigenvalue weighted by molar-refractivity contribution is 0.153. The first kappa shape index (κ1) is 16.2. The molecule has 0 N–H and O–H groups in total. The van der Waals surface area contributed by atoms with Crippen LogP contribution in [0, 0.1) is 0 Å². The van der Waals surface area contributed by atoms with Gasteiger partial charge >= 0.3 is 0 Å². The number of ether oxygens (including phenoxy) is 1. The highest BCUT2D eigenvalue weighted by molar-refractivity contribution is 5.94. The minimum atomic E-state index is -2.70. The number of hydrogen-bond donors (Lipinski definition) is 0. The van der Waals surface area contributed by atoms with Crippen LogP contribution in [0.1, 0.15) is 12.0 Å². The third kappa shape index (κ3) is 2.69. The van der Waals surface area contributed by atoms with E-state index in [0.717, 1.165) is 0 Å². The van der Waals surface area contributed by atoms with E-state index in [9.17, 15) is 8.78 Å². The Morgan fingerprint density at radius 3 is 2.46 bits per heavy atom. The van der Waals surface area contributed by atoms with E-state index < -0.39 is 6.43 Å². The zero-order chi connectivity index (χ0) is 18.1. The average molecular weight is 352 g/mol. The molecule has 2 heterocycles. The van der Waals surface area contributed by atoms with Crippen LogP contribution in [-0.2, 0) is 0 Å². The molecule has 0 spiro atoms. The lowest BCUT2D eigenvalue weighted by Crippen LogP contribution is -1.94. The number of para-hydroxylation sites is 1. The Balaban J connectivity index is 1.98. The van der Waals surface area contributed by atoms with Gasteiger partial charge in [-0.1, -0.05) is 47.6 Å². The van der Waals surface area contributed by atoms with Gasteiger partial charge in [-0.15, -0.1) is 0 Å². The average Bonchev–Trinajstić information content (AvgIpc) is 3.11. The fourth-order valence-electron chi connectivity index (χ4n) is 2.94. The van der Waals surface area contributed by atoms with Gasteiger partial charge in [-0.05, 0) is 18.2 Å². The van der Waals surface area contributed by atoms with E-state index in [1.807, 2.05) is 18.2 Å². The molecule has 0 unspecified atom stereocenters. The molecular weight excluding hydrogens is 338 g/mol. The summed E-state index contributed by atoms with van der Waals surface area (Å²) in [4.78, 5) is 4.40. The monoisotopic (exact) mass is 352 g/mol. The van der Waals surface area contributed by atoms with Crippen LogP contribution in [0.25, 0.3) is 33.6 Å². The summed E-state index contributed by atoms with van der Waals surface area (Å²) in [7, 11) is 1.52. The molecule has 4 nitrogen and oxygen atoms in total. The molecule has 0 radical (unpaired) electrons. The molecule has 0 aliphatic rings. The molecule has 0 aliphatic heterocycles. The molecule has 0 saturated carbocycles. The normalized spacial score (nSPS) is 11.2. The van der Waals surface area contributed by atoms with Gasteiger partial charge in [0.2, 0.25) is 0 Å². The van der Waals surface area contributed by atoms with Gasteiger partial charge in [0.05, 0.1) is 18.2 Å². The highest BCUT2D eigenvalue weighted by Crippen LogP contribution is 2.38. The fourth-order valence-corrected chi connectivity index (χ4v) is 2.94. The first-order valence-electron chi connectivity index (χ1n) is 7.96. The third-order valence-corrected chi connectivity index (χ3v) is 4.14. The molecule has 130 valence electrons. The molecule has 26 heavy (non-hydrogen) atoms. The van der Waals surface area contributed by atoms with E-state index in [2.05, 4.69) is 10.1 Å². The maximum Gasteiger partial charge on any atom is 0.264 e. The molecule has 0 atom stereocenters. The highest BCUT2D eigenvalue weighted by atomic mass is 19.3. The molecular formula is C20H14F2N2O2. The van der Waals surface area contributed by atoms with Gasteiger partial charge in [0.25, 0.3) is 12.1 Å². The Bertz CT molecular complexity index is 1060. The van der Waals surface area contributed by atoms with Crippen molar-refractivity contribution in [1.29, 1.82) is 0 Å². The van der Waals surface area contributed by atoms with Crippen molar-refractivity contribution < 1.29 is 18.0 Å². The first-order valence-corrected chi connectivity index (χ1v) is 7.96. The summed E-state index contributed by atoms with van der Waals surface area (Å²) in [5, 5.41) is 4.21. The zero-order valence-electron chi connectivity index (χ0n) is 13.8. The summed E-state index contributed by atoms with van der Waals surface area (Å²) >= 11 is 0. The molecule has 0 amide bonds. The minimum Gasteiger partial charge on any atom is -0.496 e. The van der Waals surface area contributed by atoms with Crippen molar-refractivity contribution in [3.05, 3.63) is 66.2 Å². The van der Waals surface area contributed by atoms with Crippen molar-refractivity contribution in [2.75, 3.05) is 7.11 Å². The second-order valence-electron chi connectivity index (χ2n) is 5.68. The summed E-state index contributed by atoms with van der Waals surface area (Å²) in [6.45, 7) is 0. The second kappa shape index (κ2) is 6.55. The maximum absolute atomic E-state index is 13.8. The number of benzene rings is 2. The van der Waals surface area contributed by atoms with Gasteiger partial charge in [0.1, 0.15) is 11.4 Å². The molecule has 0 aliphatic carbocycles. The lowest BCUT2D eigenvalue weighted by atomic mass is 10.0. The summed E-state index contributed by atoms with van der Waals surface area (Å²) in [6.07, 6.45) is -2.70. The van der Waals surface area contributed by atoms with Crippen molar-refractivity contribution in [2.45, 2.75) is 6.43 Å². The zero-order valence-corrected chi connectivity index (χ0v) is 13.8. The number of rotatable bonds is 4. The molecule has 0 bridgehead atoms. The van der Waals surface area contributed by atoms with Crippen molar-refractivity contribution >= 4 is 11.1 Å². The van der Waals surface area contributed by atoms with E-state index in [1.54, 1.807) is 36.4 Å². The predicted octanol–water partition coefficient (Wildman–Crippen LogP) is 5.50. The molecule has 4 rings (SSSR count). The Morgan fingerprint density at radius 2 is 1.73 bits per heavy atom. The van der Waals surface area contributed by atoms with Crippen LogP contribution in [-0.4, -0.2) is 17.3 Å². The van der Waals surface area contributed by atoms with E-state index >= 15 is 0 Å². The first-order chi connectivity index (χ1) is 12.7. The van der Waals surface area contributed by atoms with Crippen LogP contribution in [0.2, 0.25) is 0 Å². The standard InChI is InChI=1S/C20H14F2N2O2/c1-25-16-10-6-5-9-13(16)15-11-14(19(21)22)17-18(24-26-20(17)23-15)12-7-3-2-4-8-12/h2-11,19H,1H3. The molecule has 2 aromatic heterocycles. The molecule has 2 aromatic carbocycles. The van der Waals surface area contributed by atoms with Gasteiger partial charge < -0.3 is 9.26 Å². The maximum atomic E-state index is 13.8. The van der Waals surface area contributed by atoms with Crippen molar-refractivity contribution in [3.8, 4) is 28.3 Å². The predicted molar refractivity (Wildman–Crippen MR) is 94.2 cm³/mol. The Labute approximate surface area is 148 Å². The quantitative estimate of drug-likeness (QED) is 0.486. The van der Waals surface area contributed by atoms with Gasteiger partial charge in [-0.2, -0.15) is 0 Å². The van der Waals surface area contributed by atoms with Gasteiger partial charge in [0, 0.05) is 16.7 Å². The van der Waals surface area contributed by atoms with Crippen LogP contribution in [0.3, 0.4) is 0 Å². The summed E-state index contributed by atoms with van der Waals surface area (Å²) in [6, 6.07) is 17.5. The van der Waals surface area contributed by atoms with Crippen LogP contribution in [0.15, 0.2) is 65.2 Å². The largest absolute Gasteiger partial charge is 0.496 e. The van der Waals surface area contributed by atoms with Crippen LogP contribution in [0.5, 0.6) is 5.75 Å². The molecule has 6 heteroatoms. The van der Waals surface area contributed by atoms with Crippen LogP contribution >= 0.6 is 0 Å². The minimum absolute atomic E-state index is 0.0718. The number of alkyl halides is 2. The number of halogens is 2. The Kier molecular flexibility index (Phi) is 4.08. The van der Waals surface area contributed by atoms with E-state index in [-0.39, 0.29) is 16.7 Å². The Hall–Kier alpha value is -3.28. The molecule has 4 aromatic rings. The number of nitrogens with zero attached hydrogens (tertiary/aromatic N) is 2. The summed E-state index contributed by atoms with van der Waals surface area (Å²) < 4.78 is 38.2. The number of hydrogen-bond acceptors (Lipinski definition) is 4. The number of pyridine rings is 1. The SMILES string of the molecule is COc1ccccc1-c1cc(C(F)F)c2c(-c3ccccc3)noc2n1. The van der Waals surface area contributed by atoms with Crippen molar-refractivity contribution in [3.63, 3.8) is 0 Å². The summed E-state index contributed by atoms with van der Waals surface area (Å²) in [5.74, 6) is 0.544. The second-order valence-corrected chi connectivity index (χ2v) is 5.68. The topological polar surface area (TPSA) is 48.2 Å². The third-order valence-electron chi connectivity index (χ3n) is 4.14. The summed E-state index contributed by atoms with van der Waals surface area (Å²) in [5.41, 5.74) is 1.91. The van der Waals surface area contributed by atoms with E-state index in [4.69, 9.17) is 9.26 Å². The van der Waals surface area contributed by atoms with Crippen LogP contribution < -0.4 is 4.74 Å². The Morgan fingerprint density at radius 1 is 1.00 bits per heavy atom. The highest BCUT2D eigenvalue weighted by Gasteiger charge is 2.23. The van der Waals surface area contributed by atoms with Crippen molar-refractivity contribution in [1.82, 2.24) is 10.1 Å². The lowest BCUT2D eigenvalue weighted by Gasteiger charge is -2.10. The smallest absolute Gasteiger partial charge is 0.264 e. The molecule has 0 saturated heterocycles. The fraction of sp³-hybridized carbons (Fsp3) is 0.100. The van der Waals surface area contributed by atoms with E-state index in [0.29, 0.717) is 28.3 Å². The number of fused-ring (bicyclic) bond motifs is 1. The van der Waals surface area contributed by atoms with Gasteiger partial charge in [0.15, 0.2) is 0 Å². The van der Waals surface area contributed by atoms with E-state index in [1.165, 1.54) is 13.2 Å². The van der Waals surface area contributed by atoms with Crippen LogP contribution in [0.4, 0.5) is 8.78 Å². The number of methoxy groups -OCH3 is 1. The van der Waals surface area contributed by atoms with Gasteiger partial charge in [-0.3, -0.25) is 0 Å². The molecule has 0 fully saturated rings. The van der Waals surface area contributed by atoms with Gasteiger partial charge in [-0.25, -0.2) is 13.8 Å².